The number of aryl methyl sites for hydroxylation is 1. The van der Waals surface area contributed by atoms with Gasteiger partial charge >= 0.3 is 0 Å². The van der Waals surface area contributed by atoms with Gasteiger partial charge in [0.1, 0.15) is 17.5 Å². The van der Waals surface area contributed by atoms with E-state index in [0.29, 0.717) is 39.8 Å². The highest BCUT2D eigenvalue weighted by Gasteiger charge is 2.25. The summed E-state index contributed by atoms with van der Waals surface area (Å²) >= 11 is 6.22. The maximum atomic E-state index is 13.8. The quantitative estimate of drug-likeness (QED) is 0.386. The number of rotatable bonds is 6. The summed E-state index contributed by atoms with van der Waals surface area (Å²) in [5.74, 6) is 0.705. The first kappa shape index (κ1) is 20.4. The number of anilines is 3. The van der Waals surface area contributed by atoms with Gasteiger partial charge < -0.3 is 10.6 Å². The van der Waals surface area contributed by atoms with Crippen LogP contribution in [0.1, 0.15) is 30.4 Å². The van der Waals surface area contributed by atoms with Gasteiger partial charge in [-0.25, -0.2) is 9.37 Å². The van der Waals surface area contributed by atoms with Gasteiger partial charge in [-0.2, -0.15) is 9.61 Å². The summed E-state index contributed by atoms with van der Waals surface area (Å²) in [6.45, 7) is 2.47. The monoisotopic (exact) mass is 454 g/mol. The predicted octanol–water partition coefficient (Wildman–Crippen LogP) is 3.83. The number of nitrogens with zero attached hydrogens (tertiary/aromatic N) is 3. The van der Waals surface area contributed by atoms with Gasteiger partial charge in [-0.3, -0.25) is 14.9 Å². The fraction of sp³-hybridized carbons (Fsp3) is 0.273. The Morgan fingerprint density at radius 3 is 2.84 bits per heavy atom. The van der Waals surface area contributed by atoms with Gasteiger partial charge in [0.05, 0.1) is 23.3 Å². The molecule has 3 N–H and O–H groups in total. The molecule has 3 aromatic rings. The maximum Gasteiger partial charge on any atom is 0.254 e. The minimum Gasteiger partial charge on any atom is -0.370 e. The molecule has 3 heterocycles. The number of benzene rings is 1. The van der Waals surface area contributed by atoms with E-state index in [-0.39, 0.29) is 23.2 Å². The lowest BCUT2D eigenvalue weighted by Crippen LogP contribution is -2.19. The number of amides is 2. The van der Waals surface area contributed by atoms with E-state index in [1.54, 1.807) is 35.8 Å². The highest BCUT2D eigenvalue weighted by atomic mass is 35.5. The molecule has 2 amide bonds. The summed E-state index contributed by atoms with van der Waals surface area (Å²) in [6.07, 6.45) is 5.63. The van der Waals surface area contributed by atoms with Crippen molar-refractivity contribution in [2.24, 2.45) is 5.92 Å². The van der Waals surface area contributed by atoms with Gasteiger partial charge in [0.2, 0.25) is 5.91 Å². The third-order valence-corrected chi connectivity index (χ3v) is 5.82. The minimum atomic E-state index is -0.413. The summed E-state index contributed by atoms with van der Waals surface area (Å²) < 4.78 is 15.5. The smallest absolute Gasteiger partial charge is 0.254 e. The molecule has 32 heavy (non-hydrogen) atoms. The van der Waals surface area contributed by atoms with E-state index in [9.17, 15) is 14.0 Å². The van der Waals surface area contributed by atoms with E-state index in [4.69, 9.17) is 11.6 Å². The van der Waals surface area contributed by atoms with Gasteiger partial charge in [-0.1, -0.05) is 11.6 Å². The van der Waals surface area contributed by atoms with Crippen LogP contribution in [0.2, 0.25) is 5.02 Å². The van der Waals surface area contributed by atoms with E-state index < -0.39 is 5.91 Å². The average molecular weight is 455 g/mol. The Kier molecular flexibility index (Phi) is 5.05. The summed E-state index contributed by atoms with van der Waals surface area (Å²) in [5.41, 5.74) is 2.44. The number of halogens is 2. The van der Waals surface area contributed by atoms with E-state index in [0.717, 1.165) is 12.4 Å². The topological polar surface area (TPSA) is 100 Å². The molecular formula is C22H20ClFN6O2. The van der Waals surface area contributed by atoms with Gasteiger partial charge in [-0.05, 0) is 49.5 Å². The predicted molar refractivity (Wildman–Crippen MR) is 119 cm³/mol. The van der Waals surface area contributed by atoms with Gasteiger partial charge in [-0.15, -0.1) is 0 Å². The molecule has 8 nitrogen and oxygen atoms in total. The molecule has 0 atom stereocenters. The van der Waals surface area contributed by atoms with E-state index in [1.165, 1.54) is 18.9 Å². The molecule has 164 valence electrons. The molecule has 0 unspecified atom stereocenters. The zero-order valence-electron chi connectivity index (χ0n) is 17.2. The molecule has 1 saturated carbocycles. The highest BCUT2D eigenvalue weighted by molar-refractivity contribution is 6.33. The Hall–Kier alpha value is -3.46. The SMILES string of the molecule is Cc1cc(Nc2cc(NCC3CC3)n3ncc(C=C4CC(=O)NC4=O)c3n2)c(Cl)cc1F. The molecule has 1 aliphatic heterocycles. The second-order valence-corrected chi connectivity index (χ2v) is 8.52. The number of hydrogen-bond donors (Lipinski definition) is 3. The second kappa shape index (κ2) is 7.90. The molecule has 1 aromatic carbocycles. The first-order chi connectivity index (χ1) is 15.4. The Labute approximate surface area is 187 Å². The van der Waals surface area contributed by atoms with Crippen LogP contribution in [0.5, 0.6) is 0 Å². The Bertz CT molecular complexity index is 1300. The van der Waals surface area contributed by atoms with Crippen molar-refractivity contribution in [1.82, 2.24) is 19.9 Å². The molecule has 1 saturated heterocycles. The van der Waals surface area contributed by atoms with Crippen molar-refractivity contribution in [3.8, 4) is 0 Å². The first-order valence-corrected chi connectivity index (χ1v) is 10.7. The molecule has 2 aromatic heterocycles. The molecule has 1 aliphatic carbocycles. The lowest BCUT2D eigenvalue weighted by Gasteiger charge is -2.13. The minimum absolute atomic E-state index is 0.0192. The lowest BCUT2D eigenvalue weighted by atomic mass is 10.1. The summed E-state index contributed by atoms with van der Waals surface area (Å²) in [7, 11) is 0. The second-order valence-electron chi connectivity index (χ2n) is 8.12. The van der Waals surface area contributed by atoms with Crippen LogP contribution in [-0.2, 0) is 9.59 Å². The first-order valence-electron chi connectivity index (χ1n) is 10.3. The number of hydrogen-bond acceptors (Lipinski definition) is 6. The lowest BCUT2D eigenvalue weighted by molar-refractivity contribution is -0.124. The zero-order valence-corrected chi connectivity index (χ0v) is 18.0. The third kappa shape index (κ3) is 4.03. The molecule has 0 bridgehead atoms. The highest BCUT2D eigenvalue weighted by Crippen LogP contribution is 2.32. The molecule has 5 rings (SSSR count). The average Bonchev–Trinajstić information content (AvgIpc) is 3.41. The van der Waals surface area contributed by atoms with Crippen LogP contribution < -0.4 is 16.0 Å². The number of carbonyl (C=O) groups is 2. The third-order valence-electron chi connectivity index (χ3n) is 5.50. The molecule has 0 radical (unpaired) electrons. The standard InChI is InChI=1S/C22H20ClFN6O2/c1-11-4-17(15(23)7-16(11)24)27-18-8-19(25-9-12-2-3-12)30-21(28-18)14(10-26-30)5-13-6-20(31)29-22(13)32/h4-5,7-8,10,12,25H,2-3,6,9H2,1H3,(H,27,28)(H,29,31,32). The van der Waals surface area contributed by atoms with Crippen molar-refractivity contribution in [3.63, 3.8) is 0 Å². The van der Waals surface area contributed by atoms with E-state index in [2.05, 4.69) is 26.0 Å². The number of aromatic nitrogens is 3. The normalized spacial score (nSPS) is 17.3. The number of carbonyl (C=O) groups excluding carboxylic acids is 2. The Morgan fingerprint density at radius 2 is 2.12 bits per heavy atom. The van der Waals surface area contributed by atoms with Crippen LogP contribution in [-0.4, -0.2) is 33.0 Å². The molecular weight excluding hydrogens is 435 g/mol. The zero-order chi connectivity index (χ0) is 22.4. The molecule has 2 aliphatic rings. The van der Waals surface area contributed by atoms with Gasteiger partial charge in [0.15, 0.2) is 5.65 Å². The van der Waals surface area contributed by atoms with Crippen LogP contribution in [0.4, 0.5) is 21.7 Å². The van der Waals surface area contributed by atoms with Crippen molar-refractivity contribution in [3.05, 3.63) is 51.9 Å². The van der Waals surface area contributed by atoms with Crippen molar-refractivity contribution < 1.29 is 14.0 Å². The van der Waals surface area contributed by atoms with E-state index in [1.807, 2.05) is 0 Å². The Balaban J connectivity index is 1.56. The maximum absolute atomic E-state index is 13.8. The fourth-order valence-corrected chi connectivity index (χ4v) is 3.74. The van der Waals surface area contributed by atoms with Crippen LogP contribution in [0.3, 0.4) is 0 Å². The number of nitrogens with one attached hydrogen (secondary N) is 3. The molecule has 2 fully saturated rings. The molecule has 0 spiro atoms. The van der Waals surface area contributed by atoms with Crippen molar-refractivity contribution in [2.45, 2.75) is 26.2 Å². The summed E-state index contributed by atoms with van der Waals surface area (Å²) in [6, 6.07) is 4.68. The summed E-state index contributed by atoms with van der Waals surface area (Å²) in [4.78, 5) is 28.2. The molecule has 10 heteroatoms. The van der Waals surface area contributed by atoms with Gasteiger partial charge in [0, 0.05) is 23.7 Å². The van der Waals surface area contributed by atoms with Crippen LogP contribution >= 0.6 is 11.6 Å². The van der Waals surface area contributed by atoms with Crippen molar-refractivity contribution in [1.29, 1.82) is 0 Å². The Morgan fingerprint density at radius 1 is 1.31 bits per heavy atom. The van der Waals surface area contributed by atoms with Gasteiger partial charge in [0.25, 0.3) is 5.91 Å². The van der Waals surface area contributed by atoms with E-state index >= 15 is 0 Å². The largest absolute Gasteiger partial charge is 0.370 e. The van der Waals surface area contributed by atoms with Crippen LogP contribution in [0.25, 0.3) is 11.7 Å². The van der Waals surface area contributed by atoms with Crippen molar-refractivity contribution >= 4 is 52.5 Å². The number of fused-ring (bicyclic) bond motifs is 1. The summed E-state index contributed by atoms with van der Waals surface area (Å²) in [5, 5.41) is 13.5. The number of imide groups is 1. The fourth-order valence-electron chi connectivity index (χ4n) is 3.54. The van der Waals surface area contributed by atoms with Crippen molar-refractivity contribution in [2.75, 3.05) is 17.2 Å². The van der Waals surface area contributed by atoms with Crippen LogP contribution in [0, 0.1) is 18.7 Å². The van der Waals surface area contributed by atoms with Crippen LogP contribution in [0.15, 0.2) is 30.0 Å².